The molecule has 1 aromatic carbocycles. The monoisotopic (exact) mass is 553 g/mol. The van der Waals surface area contributed by atoms with Crippen molar-refractivity contribution in [3.05, 3.63) is 23.8 Å². The smallest absolute Gasteiger partial charge is 0.410 e. The summed E-state index contributed by atoms with van der Waals surface area (Å²) in [6.45, 7) is 21.7. The summed E-state index contributed by atoms with van der Waals surface area (Å²) in [5.41, 5.74) is 2.65. The second-order valence-corrected chi connectivity index (χ2v) is 14.3. The number of unbranched alkanes of at least 4 members (excludes halogenated alkanes) is 1. The van der Waals surface area contributed by atoms with E-state index in [1.165, 1.54) is 36.9 Å². The summed E-state index contributed by atoms with van der Waals surface area (Å²) in [6.07, 6.45) is 7.24. The Kier molecular flexibility index (Phi) is 9.46. The highest BCUT2D eigenvalue weighted by Crippen LogP contribution is 2.44. The molecule has 3 heterocycles. The Hall–Kier alpha value is -2.24. The molecule has 0 bridgehead atoms. The number of likely N-dealkylation sites (tertiary alicyclic amines) is 1. The molecule has 3 fully saturated rings. The van der Waals surface area contributed by atoms with Gasteiger partial charge in [0, 0.05) is 44.1 Å². The van der Waals surface area contributed by atoms with Gasteiger partial charge < -0.3 is 19.4 Å². The van der Waals surface area contributed by atoms with Crippen molar-refractivity contribution < 1.29 is 14.3 Å². The van der Waals surface area contributed by atoms with Crippen molar-refractivity contribution in [2.45, 2.75) is 106 Å². The van der Waals surface area contributed by atoms with Crippen LogP contribution in [0.5, 0.6) is 0 Å². The first-order valence-corrected chi connectivity index (χ1v) is 16.0. The maximum Gasteiger partial charge on any atom is 0.410 e. The summed E-state index contributed by atoms with van der Waals surface area (Å²) >= 11 is 0. The van der Waals surface area contributed by atoms with E-state index in [4.69, 9.17) is 4.74 Å². The number of benzene rings is 1. The average Bonchev–Trinajstić information content (AvgIpc) is 3.52. The van der Waals surface area contributed by atoms with Crippen molar-refractivity contribution in [2.24, 2.45) is 29.1 Å². The molecule has 0 radical (unpaired) electrons. The number of carbonyl (C=O) groups is 2. The molecular formula is C34H55N3O3. The standard InChI is InChI=1S/C34H55N3O3/c1-9-10-11-24(2)26(4)27(5)28-14-18-36(23-28)29-12-13-30(25(3)22-29)37-21-17-34(31(37)38)15-19-35(20-16-34)32(39)40-33(6,7)8/h12-13,22,24,26-28H,9-11,14-21,23H2,1-8H3. The van der Waals surface area contributed by atoms with Crippen LogP contribution in [0.2, 0.25) is 0 Å². The van der Waals surface area contributed by atoms with E-state index in [2.05, 4.69) is 57.7 Å². The van der Waals surface area contributed by atoms with Crippen molar-refractivity contribution in [1.29, 1.82) is 0 Å². The molecule has 0 N–H and O–H groups in total. The van der Waals surface area contributed by atoms with Gasteiger partial charge in [-0.2, -0.15) is 0 Å². The van der Waals surface area contributed by atoms with Crippen LogP contribution in [0.25, 0.3) is 0 Å². The van der Waals surface area contributed by atoms with Crippen LogP contribution in [0.3, 0.4) is 0 Å². The Morgan fingerprint density at radius 3 is 2.38 bits per heavy atom. The van der Waals surface area contributed by atoms with Crippen LogP contribution in [-0.4, -0.2) is 55.2 Å². The highest BCUT2D eigenvalue weighted by atomic mass is 16.6. The maximum absolute atomic E-state index is 13.8. The highest BCUT2D eigenvalue weighted by molar-refractivity contribution is 6.00. The number of aryl methyl sites for hydroxylation is 1. The Bertz CT molecular complexity index is 1040. The molecule has 2 amide bonds. The number of hydrogen-bond acceptors (Lipinski definition) is 4. The fourth-order valence-electron chi connectivity index (χ4n) is 7.28. The van der Waals surface area contributed by atoms with Crippen molar-refractivity contribution in [1.82, 2.24) is 4.90 Å². The lowest BCUT2D eigenvalue weighted by molar-refractivity contribution is -0.128. The van der Waals surface area contributed by atoms with Crippen LogP contribution in [0, 0.1) is 36.0 Å². The van der Waals surface area contributed by atoms with Gasteiger partial charge in [0.15, 0.2) is 0 Å². The van der Waals surface area contributed by atoms with Crippen molar-refractivity contribution >= 4 is 23.4 Å². The quantitative estimate of drug-likeness (QED) is 0.331. The van der Waals surface area contributed by atoms with E-state index >= 15 is 0 Å². The molecule has 1 spiro atoms. The van der Waals surface area contributed by atoms with E-state index in [0.29, 0.717) is 25.9 Å². The molecule has 224 valence electrons. The zero-order valence-corrected chi connectivity index (χ0v) is 26.6. The lowest BCUT2D eigenvalue weighted by Gasteiger charge is -2.38. The van der Waals surface area contributed by atoms with E-state index in [9.17, 15) is 9.59 Å². The van der Waals surface area contributed by atoms with Gasteiger partial charge in [-0.1, -0.05) is 47.0 Å². The first-order valence-electron chi connectivity index (χ1n) is 16.0. The van der Waals surface area contributed by atoms with Gasteiger partial charge in [0.1, 0.15) is 5.60 Å². The second-order valence-electron chi connectivity index (χ2n) is 14.3. The van der Waals surface area contributed by atoms with Crippen LogP contribution >= 0.6 is 0 Å². The molecule has 4 rings (SSSR count). The zero-order chi connectivity index (χ0) is 29.2. The van der Waals surface area contributed by atoms with Crippen molar-refractivity contribution in [2.75, 3.05) is 42.5 Å². The van der Waals surface area contributed by atoms with Crippen LogP contribution in [0.15, 0.2) is 18.2 Å². The molecule has 6 nitrogen and oxygen atoms in total. The molecule has 3 aliphatic rings. The molecule has 0 saturated carbocycles. The molecule has 1 aromatic rings. The van der Waals surface area contributed by atoms with E-state index in [0.717, 1.165) is 55.4 Å². The first kappa shape index (κ1) is 30.7. The summed E-state index contributed by atoms with van der Waals surface area (Å²) < 4.78 is 5.56. The SMILES string of the molecule is CCCCC(C)C(C)C(C)C1CCN(c2ccc(N3CCC4(CCN(C(=O)OC(C)(C)C)CC4)C3=O)c(C)c2)C1. The molecule has 0 aliphatic carbocycles. The summed E-state index contributed by atoms with van der Waals surface area (Å²) in [5.74, 6) is 3.25. The van der Waals surface area contributed by atoms with E-state index in [1.54, 1.807) is 4.90 Å². The van der Waals surface area contributed by atoms with Gasteiger partial charge in [-0.25, -0.2) is 4.79 Å². The zero-order valence-electron chi connectivity index (χ0n) is 26.6. The number of ether oxygens (including phenoxy) is 1. The molecule has 40 heavy (non-hydrogen) atoms. The average molecular weight is 554 g/mol. The Morgan fingerprint density at radius 1 is 1.07 bits per heavy atom. The number of nitrogens with zero attached hydrogens (tertiary/aromatic N) is 3. The molecule has 4 unspecified atom stereocenters. The summed E-state index contributed by atoms with van der Waals surface area (Å²) in [5, 5.41) is 0. The largest absolute Gasteiger partial charge is 0.444 e. The number of amides is 2. The van der Waals surface area contributed by atoms with Crippen LogP contribution < -0.4 is 9.80 Å². The second kappa shape index (κ2) is 12.3. The van der Waals surface area contributed by atoms with Gasteiger partial charge >= 0.3 is 6.09 Å². The van der Waals surface area contributed by atoms with E-state index in [-0.39, 0.29) is 17.4 Å². The molecular weight excluding hydrogens is 498 g/mol. The minimum atomic E-state index is -0.505. The van der Waals surface area contributed by atoms with Gasteiger partial charge in [-0.15, -0.1) is 0 Å². The Morgan fingerprint density at radius 2 is 1.75 bits per heavy atom. The molecule has 4 atom stereocenters. The summed E-state index contributed by atoms with van der Waals surface area (Å²) in [7, 11) is 0. The minimum Gasteiger partial charge on any atom is -0.444 e. The molecule has 0 aromatic heterocycles. The highest BCUT2D eigenvalue weighted by Gasteiger charge is 2.49. The topological polar surface area (TPSA) is 53.1 Å². The Labute approximate surface area is 243 Å². The van der Waals surface area contributed by atoms with Crippen molar-refractivity contribution in [3.63, 3.8) is 0 Å². The summed E-state index contributed by atoms with van der Waals surface area (Å²) in [6, 6.07) is 6.69. The molecule has 6 heteroatoms. The van der Waals surface area contributed by atoms with Gasteiger partial charge in [0.25, 0.3) is 0 Å². The van der Waals surface area contributed by atoms with Gasteiger partial charge in [0.2, 0.25) is 5.91 Å². The van der Waals surface area contributed by atoms with Crippen LogP contribution in [-0.2, 0) is 9.53 Å². The van der Waals surface area contributed by atoms with Gasteiger partial charge in [-0.05, 0) is 101 Å². The lowest BCUT2D eigenvalue weighted by atomic mass is 9.76. The van der Waals surface area contributed by atoms with Crippen LogP contribution in [0.1, 0.15) is 99.0 Å². The van der Waals surface area contributed by atoms with Gasteiger partial charge in [0.05, 0.1) is 5.41 Å². The number of anilines is 2. The number of piperidine rings is 1. The third kappa shape index (κ3) is 6.62. The lowest BCUT2D eigenvalue weighted by Crippen LogP contribution is -2.48. The maximum atomic E-state index is 13.8. The summed E-state index contributed by atoms with van der Waals surface area (Å²) in [4.78, 5) is 32.6. The number of carbonyl (C=O) groups excluding carboxylic acids is 2. The molecule has 3 saturated heterocycles. The molecule has 3 aliphatic heterocycles. The number of hydrogen-bond donors (Lipinski definition) is 0. The van der Waals surface area contributed by atoms with E-state index in [1.807, 2.05) is 25.7 Å². The fraction of sp³-hybridized carbons (Fsp3) is 0.765. The van der Waals surface area contributed by atoms with Gasteiger partial charge in [-0.3, -0.25) is 4.79 Å². The number of rotatable bonds is 8. The first-order chi connectivity index (χ1) is 18.8. The predicted octanol–water partition coefficient (Wildman–Crippen LogP) is 7.67. The van der Waals surface area contributed by atoms with E-state index < -0.39 is 5.60 Å². The normalized spacial score (nSPS) is 23.6. The predicted molar refractivity (Wildman–Crippen MR) is 165 cm³/mol. The third-order valence-electron chi connectivity index (χ3n) is 10.4. The minimum absolute atomic E-state index is 0.230. The fourth-order valence-corrected chi connectivity index (χ4v) is 7.28. The third-order valence-corrected chi connectivity index (χ3v) is 10.4. The van der Waals surface area contributed by atoms with Crippen LogP contribution in [0.4, 0.5) is 16.2 Å². The Balaban J connectivity index is 1.35. The van der Waals surface area contributed by atoms with Crippen molar-refractivity contribution in [3.8, 4) is 0 Å².